The third-order valence-corrected chi connectivity index (χ3v) is 2.39. The lowest BCUT2D eigenvalue weighted by molar-refractivity contribution is 0.841. The Hall–Kier alpha value is -2.43. The van der Waals surface area contributed by atoms with E-state index in [4.69, 9.17) is 0 Å². The van der Waals surface area contributed by atoms with E-state index in [0.29, 0.717) is 0 Å². The lowest BCUT2D eigenvalue weighted by atomic mass is 10.4. The summed E-state index contributed by atoms with van der Waals surface area (Å²) >= 11 is 0. The molecule has 5 heteroatoms. The highest BCUT2D eigenvalue weighted by Gasteiger charge is 2.06. The predicted octanol–water partition coefficient (Wildman–Crippen LogP) is 1.98. The molecule has 84 valence electrons. The molecule has 2 aromatic rings. The fourth-order valence-electron chi connectivity index (χ4n) is 1.60. The Labute approximate surface area is 98.7 Å². The molecular formula is C12H11N5. The normalized spacial score (nSPS) is 14.2. The van der Waals surface area contributed by atoms with Crippen LogP contribution in [0.5, 0.6) is 0 Å². The van der Waals surface area contributed by atoms with Gasteiger partial charge in [-0.15, -0.1) is 0 Å². The molecule has 3 heterocycles. The number of aromatic nitrogens is 3. The molecule has 0 atom stereocenters. The van der Waals surface area contributed by atoms with Crippen LogP contribution in [-0.4, -0.2) is 21.0 Å². The van der Waals surface area contributed by atoms with Gasteiger partial charge in [-0.2, -0.15) is 10.2 Å². The van der Waals surface area contributed by atoms with Crippen molar-refractivity contribution in [3.63, 3.8) is 0 Å². The van der Waals surface area contributed by atoms with Crippen LogP contribution >= 0.6 is 0 Å². The van der Waals surface area contributed by atoms with E-state index in [0.717, 1.165) is 18.1 Å². The Morgan fingerprint density at radius 1 is 1.12 bits per heavy atom. The average Bonchev–Trinajstić information content (AvgIpc) is 2.94. The van der Waals surface area contributed by atoms with E-state index in [1.54, 1.807) is 15.9 Å². The fraction of sp³-hybridized carbons (Fsp3) is 0.0833. The third kappa shape index (κ3) is 1.94. The quantitative estimate of drug-likeness (QED) is 0.785. The van der Waals surface area contributed by atoms with Gasteiger partial charge in [0.05, 0.1) is 0 Å². The zero-order valence-electron chi connectivity index (χ0n) is 9.14. The highest BCUT2D eigenvalue weighted by atomic mass is 15.5. The number of rotatable bonds is 2. The van der Waals surface area contributed by atoms with Crippen LogP contribution in [0.4, 0.5) is 5.82 Å². The molecule has 2 aromatic heterocycles. The SMILES string of the molecule is C1=CN(c2cccc(-n3cccn3)n2)N=CC1. The number of allylic oxidation sites excluding steroid dienone is 1. The van der Waals surface area contributed by atoms with Crippen molar-refractivity contribution in [3.05, 3.63) is 48.9 Å². The minimum Gasteiger partial charge on any atom is -0.223 e. The number of pyridine rings is 1. The van der Waals surface area contributed by atoms with E-state index in [-0.39, 0.29) is 0 Å². The van der Waals surface area contributed by atoms with Gasteiger partial charge in [0.15, 0.2) is 11.6 Å². The van der Waals surface area contributed by atoms with Crippen LogP contribution in [0.1, 0.15) is 6.42 Å². The van der Waals surface area contributed by atoms with Gasteiger partial charge >= 0.3 is 0 Å². The zero-order valence-corrected chi connectivity index (χ0v) is 9.14. The van der Waals surface area contributed by atoms with E-state index in [2.05, 4.69) is 15.2 Å². The van der Waals surface area contributed by atoms with Gasteiger partial charge in [-0.3, -0.25) is 0 Å². The monoisotopic (exact) mass is 225 g/mol. The average molecular weight is 225 g/mol. The summed E-state index contributed by atoms with van der Waals surface area (Å²) in [6, 6.07) is 7.64. The number of hydrazone groups is 1. The molecule has 1 aliphatic rings. The maximum atomic E-state index is 4.50. The van der Waals surface area contributed by atoms with Crippen molar-refractivity contribution < 1.29 is 0 Å². The van der Waals surface area contributed by atoms with Crippen LogP contribution in [0.25, 0.3) is 5.82 Å². The van der Waals surface area contributed by atoms with Gasteiger partial charge in [-0.25, -0.2) is 14.7 Å². The number of nitrogens with zero attached hydrogens (tertiary/aromatic N) is 5. The van der Waals surface area contributed by atoms with Crippen molar-refractivity contribution in [2.24, 2.45) is 5.10 Å². The van der Waals surface area contributed by atoms with Crippen LogP contribution < -0.4 is 5.01 Å². The fourth-order valence-corrected chi connectivity index (χ4v) is 1.60. The molecule has 1 aliphatic heterocycles. The Morgan fingerprint density at radius 3 is 2.82 bits per heavy atom. The third-order valence-electron chi connectivity index (χ3n) is 2.39. The molecule has 0 aliphatic carbocycles. The Balaban J connectivity index is 1.96. The number of hydrogen-bond donors (Lipinski definition) is 0. The first-order valence-electron chi connectivity index (χ1n) is 5.39. The lowest BCUT2D eigenvalue weighted by Crippen LogP contribution is -2.13. The second kappa shape index (κ2) is 4.21. The summed E-state index contributed by atoms with van der Waals surface area (Å²) in [5, 5.41) is 10.1. The summed E-state index contributed by atoms with van der Waals surface area (Å²) in [5.74, 6) is 1.56. The molecule has 0 spiro atoms. The van der Waals surface area contributed by atoms with Gasteiger partial charge in [0, 0.05) is 31.2 Å². The summed E-state index contributed by atoms with van der Waals surface area (Å²) < 4.78 is 1.72. The molecule has 0 saturated carbocycles. The van der Waals surface area contributed by atoms with Crippen LogP contribution in [0.2, 0.25) is 0 Å². The van der Waals surface area contributed by atoms with Crippen molar-refractivity contribution in [2.45, 2.75) is 6.42 Å². The predicted molar refractivity (Wildman–Crippen MR) is 66.1 cm³/mol. The van der Waals surface area contributed by atoms with E-state index in [9.17, 15) is 0 Å². The molecule has 5 nitrogen and oxygen atoms in total. The van der Waals surface area contributed by atoms with Gasteiger partial charge in [0.1, 0.15) is 0 Å². The lowest BCUT2D eigenvalue weighted by Gasteiger charge is -2.15. The molecule has 0 aromatic carbocycles. The van der Waals surface area contributed by atoms with Gasteiger partial charge < -0.3 is 0 Å². The zero-order chi connectivity index (χ0) is 11.5. The van der Waals surface area contributed by atoms with Crippen LogP contribution in [0, 0.1) is 0 Å². The Bertz CT molecular complexity index is 544. The van der Waals surface area contributed by atoms with Crippen LogP contribution in [-0.2, 0) is 0 Å². The molecule has 0 saturated heterocycles. The van der Waals surface area contributed by atoms with Crippen molar-refractivity contribution in [3.8, 4) is 5.82 Å². The molecule has 0 N–H and O–H groups in total. The topological polar surface area (TPSA) is 46.3 Å². The minimum atomic E-state index is 0.779. The summed E-state index contributed by atoms with van der Waals surface area (Å²) in [6.45, 7) is 0. The molecule has 17 heavy (non-hydrogen) atoms. The van der Waals surface area contributed by atoms with Gasteiger partial charge in [0.2, 0.25) is 0 Å². The summed E-state index contributed by atoms with van der Waals surface area (Å²) in [6.07, 6.45) is 10.3. The van der Waals surface area contributed by atoms with Gasteiger partial charge in [-0.05, 0) is 18.2 Å². The summed E-state index contributed by atoms with van der Waals surface area (Å²) in [4.78, 5) is 4.50. The summed E-state index contributed by atoms with van der Waals surface area (Å²) in [5.41, 5.74) is 0. The molecule has 0 fully saturated rings. The van der Waals surface area contributed by atoms with E-state index < -0.39 is 0 Å². The highest BCUT2D eigenvalue weighted by Crippen LogP contribution is 2.15. The van der Waals surface area contributed by atoms with Gasteiger partial charge in [0.25, 0.3) is 0 Å². The van der Waals surface area contributed by atoms with Gasteiger partial charge in [-0.1, -0.05) is 12.1 Å². The molecule has 0 amide bonds. The number of hydrogen-bond acceptors (Lipinski definition) is 4. The van der Waals surface area contributed by atoms with E-state index in [1.165, 1.54) is 0 Å². The summed E-state index contributed by atoms with van der Waals surface area (Å²) in [7, 11) is 0. The number of anilines is 1. The molecular weight excluding hydrogens is 214 g/mol. The second-order valence-corrected chi connectivity index (χ2v) is 3.57. The van der Waals surface area contributed by atoms with E-state index in [1.807, 2.05) is 49.0 Å². The first kappa shape index (κ1) is 9.77. The first-order valence-corrected chi connectivity index (χ1v) is 5.39. The van der Waals surface area contributed by atoms with E-state index >= 15 is 0 Å². The smallest absolute Gasteiger partial charge is 0.155 e. The largest absolute Gasteiger partial charge is 0.223 e. The minimum absolute atomic E-state index is 0.779. The maximum Gasteiger partial charge on any atom is 0.155 e. The molecule has 0 unspecified atom stereocenters. The second-order valence-electron chi connectivity index (χ2n) is 3.57. The first-order chi connectivity index (χ1) is 8.43. The highest BCUT2D eigenvalue weighted by molar-refractivity contribution is 5.64. The van der Waals surface area contributed by atoms with Crippen molar-refractivity contribution in [1.29, 1.82) is 0 Å². The maximum absolute atomic E-state index is 4.50. The molecule has 0 bridgehead atoms. The van der Waals surface area contributed by atoms with Crippen LogP contribution in [0.15, 0.2) is 54.0 Å². The van der Waals surface area contributed by atoms with Crippen molar-refractivity contribution >= 4 is 12.0 Å². The molecule has 0 radical (unpaired) electrons. The van der Waals surface area contributed by atoms with Crippen LogP contribution in [0.3, 0.4) is 0 Å². The Kier molecular flexibility index (Phi) is 2.42. The Morgan fingerprint density at radius 2 is 2.06 bits per heavy atom. The van der Waals surface area contributed by atoms with Crippen molar-refractivity contribution in [2.75, 3.05) is 5.01 Å². The van der Waals surface area contributed by atoms with Crippen molar-refractivity contribution in [1.82, 2.24) is 14.8 Å². The standard InChI is InChI=1S/C12H11N5/c1-2-9-16(13-7-1)11-5-3-6-12(15-11)17-10-4-8-14-17/h2-10H,1H2. The molecule has 3 rings (SSSR count).